The van der Waals surface area contributed by atoms with E-state index in [-0.39, 0.29) is 0 Å². The Morgan fingerprint density at radius 3 is 2.50 bits per heavy atom. The van der Waals surface area contributed by atoms with E-state index in [0.29, 0.717) is 5.92 Å². The van der Waals surface area contributed by atoms with Crippen LogP contribution in [0.5, 0.6) is 0 Å². The number of hydrogen-bond donors (Lipinski definition) is 0. The molecule has 0 N–H and O–H groups in total. The average molecular weight is 133 g/mol. The summed E-state index contributed by atoms with van der Waals surface area (Å²) in [5.41, 5.74) is 2.63. The smallest absolute Gasteiger partial charge is 0.0152 e. The summed E-state index contributed by atoms with van der Waals surface area (Å²) in [6.45, 7) is 6.48. The van der Waals surface area contributed by atoms with E-state index >= 15 is 0 Å². The molecule has 0 heterocycles. The highest BCUT2D eigenvalue weighted by Gasteiger charge is 1.96. The van der Waals surface area contributed by atoms with Crippen LogP contribution in [0.4, 0.5) is 0 Å². The van der Waals surface area contributed by atoms with Crippen LogP contribution < -0.4 is 0 Å². The minimum atomic E-state index is 0.633. The van der Waals surface area contributed by atoms with Gasteiger partial charge < -0.3 is 0 Å². The van der Waals surface area contributed by atoms with Gasteiger partial charge in [0.1, 0.15) is 0 Å². The van der Waals surface area contributed by atoms with Crippen LogP contribution in [0, 0.1) is 13.0 Å². The van der Waals surface area contributed by atoms with Crippen molar-refractivity contribution in [2.75, 3.05) is 0 Å². The molecule has 10 heavy (non-hydrogen) atoms. The normalized spacial score (nSPS) is 10.4. The van der Waals surface area contributed by atoms with Crippen molar-refractivity contribution < 1.29 is 0 Å². The molecule has 0 bridgehead atoms. The fraction of sp³-hybridized carbons (Fsp3) is 0.400. The molecule has 0 spiro atoms. The quantitative estimate of drug-likeness (QED) is 0.552. The molecule has 0 aliphatic carbocycles. The van der Waals surface area contributed by atoms with Gasteiger partial charge in [0.15, 0.2) is 0 Å². The predicted octanol–water partition coefficient (Wildman–Crippen LogP) is 2.92. The second-order valence-corrected chi connectivity index (χ2v) is 2.96. The summed E-state index contributed by atoms with van der Waals surface area (Å²) in [6.07, 6.45) is 0. The second-order valence-electron chi connectivity index (χ2n) is 2.96. The van der Waals surface area contributed by atoms with E-state index in [1.165, 1.54) is 11.1 Å². The van der Waals surface area contributed by atoms with Crippen LogP contribution >= 0.6 is 0 Å². The Balaban J connectivity index is 2.96. The Morgan fingerprint density at radius 2 is 2.10 bits per heavy atom. The lowest BCUT2D eigenvalue weighted by atomic mass is 10.0. The fourth-order valence-corrected chi connectivity index (χ4v) is 0.968. The van der Waals surface area contributed by atoms with Crippen molar-refractivity contribution in [3.05, 3.63) is 35.4 Å². The Labute approximate surface area is 62.9 Å². The molecule has 0 aromatic heterocycles. The van der Waals surface area contributed by atoms with Crippen molar-refractivity contribution in [1.82, 2.24) is 0 Å². The maximum absolute atomic E-state index is 3.13. The lowest BCUT2D eigenvalue weighted by molar-refractivity contribution is 0.865. The largest absolute Gasteiger partial charge is 0.0587 e. The van der Waals surface area contributed by atoms with Gasteiger partial charge in [-0.15, -0.1) is 0 Å². The SMILES string of the molecule is Cc1[c]ccc(C(C)C)c1. The molecular weight excluding hydrogens is 120 g/mol. The molecule has 0 saturated heterocycles. The fourth-order valence-electron chi connectivity index (χ4n) is 0.968. The molecule has 0 aliphatic rings. The monoisotopic (exact) mass is 133 g/mol. The molecule has 1 rings (SSSR count). The van der Waals surface area contributed by atoms with E-state index in [9.17, 15) is 0 Å². The lowest BCUT2D eigenvalue weighted by Gasteiger charge is -2.04. The molecule has 0 atom stereocenters. The van der Waals surface area contributed by atoms with Gasteiger partial charge in [0, 0.05) is 0 Å². The van der Waals surface area contributed by atoms with Crippen LogP contribution in [0.3, 0.4) is 0 Å². The number of rotatable bonds is 1. The Hall–Kier alpha value is -0.780. The van der Waals surface area contributed by atoms with Gasteiger partial charge in [0.25, 0.3) is 0 Å². The van der Waals surface area contributed by atoms with Crippen LogP contribution in [-0.2, 0) is 0 Å². The summed E-state index contributed by atoms with van der Waals surface area (Å²) < 4.78 is 0. The maximum Gasteiger partial charge on any atom is -0.0152 e. The van der Waals surface area contributed by atoms with Crippen molar-refractivity contribution in [2.24, 2.45) is 0 Å². The summed E-state index contributed by atoms with van der Waals surface area (Å²) in [5, 5.41) is 0. The zero-order valence-corrected chi connectivity index (χ0v) is 6.81. The first-order valence-electron chi connectivity index (χ1n) is 3.68. The van der Waals surface area contributed by atoms with E-state index in [0.717, 1.165) is 0 Å². The van der Waals surface area contributed by atoms with Gasteiger partial charge in [-0.3, -0.25) is 0 Å². The second kappa shape index (κ2) is 2.87. The van der Waals surface area contributed by atoms with Crippen molar-refractivity contribution in [2.45, 2.75) is 26.7 Å². The van der Waals surface area contributed by atoms with Crippen molar-refractivity contribution >= 4 is 0 Å². The van der Waals surface area contributed by atoms with Crippen LogP contribution in [0.15, 0.2) is 18.2 Å². The lowest BCUT2D eigenvalue weighted by Crippen LogP contribution is -1.86. The van der Waals surface area contributed by atoms with Crippen LogP contribution in [0.25, 0.3) is 0 Å². The van der Waals surface area contributed by atoms with E-state index in [1.54, 1.807) is 0 Å². The van der Waals surface area contributed by atoms with Crippen LogP contribution in [-0.4, -0.2) is 0 Å². The minimum Gasteiger partial charge on any atom is -0.0587 e. The summed E-state index contributed by atoms with van der Waals surface area (Å²) in [5.74, 6) is 0.633. The number of benzene rings is 1. The van der Waals surface area contributed by atoms with Crippen molar-refractivity contribution in [3.8, 4) is 0 Å². The molecule has 53 valence electrons. The van der Waals surface area contributed by atoms with E-state index in [1.807, 2.05) is 6.07 Å². The third kappa shape index (κ3) is 1.60. The molecule has 0 amide bonds. The van der Waals surface area contributed by atoms with Gasteiger partial charge in [0.05, 0.1) is 0 Å². The predicted molar refractivity (Wildman–Crippen MR) is 44.1 cm³/mol. The first-order valence-corrected chi connectivity index (χ1v) is 3.68. The van der Waals surface area contributed by atoms with E-state index in [4.69, 9.17) is 0 Å². The Kier molecular flexibility index (Phi) is 2.10. The topological polar surface area (TPSA) is 0 Å². The zero-order valence-electron chi connectivity index (χ0n) is 6.81. The summed E-state index contributed by atoms with van der Waals surface area (Å²) in [7, 11) is 0. The zero-order chi connectivity index (χ0) is 7.56. The van der Waals surface area contributed by atoms with Gasteiger partial charge in [-0.1, -0.05) is 32.0 Å². The highest BCUT2D eigenvalue weighted by atomic mass is 14.0. The third-order valence-corrected chi connectivity index (χ3v) is 1.64. The Morgan fingerprint density at radius 1 is 1.40 bits per heavy atom. The molecule has 0 fully saturated rings. The van der Waals surface area contributed by atoms with Gasteiger partial charge in [-0.2, -0.15) is 0 Å². The summed E-state index contributed by atoms with van der Waals surface area (Å²) in [6, 6.07) is 9.43. The summed E-state index contributed by atoms with van der Waals surface area (Å²) in [4.78, 5) is 0. The molecule has 1 aromatic carbocycles. The summed E-state index contributed by atoms with van der Waals surface area (Å²) >= 11 is 0. The van der Waals surface area contributed by atoms with E-state index in [2.05, 4.69) is 39.0 Å². The van der Waals surface area contributed by atoms with Gasteiger partial charge in [-0.05, 0) is 30.0 Å². The standard InChI is InChI=1S/C10H13/c1-8(2)10-6-4-5-9(3)7-10/h4,6-8H,1-3H3. The third-order valence-electron chi connectivity index (χ3n) is 1.64. The first-order chi connectivity index (χ1) is 4.70. The first kappa shape index (κ1) is 7.33. The highest BCUT2D eigenvalue weighted by Crippen LogP contribution is 2.14. The van der Waals surface area contributed by atoms with Crippen LogP contribution in [0.1, 0.15) is 30.9 Å². The average Bonchev–Trinajstić information content (AvgIpc) is 1.88. The van der Waals surface area contributed by atoms with E-state index < -0.39 is 0 Å². The van der Waals surface area contributed by atoms with Gasteiger partial charge in [0.2, 0.25) is 0 Å². The highest BCUT2D eigenvalue weighted by molar-refractivity contribution is 5.23. The molecule has 1 radical (unpaired) electrons. The van der Waals surface area contributed by atoms with Crippen molar-refractivity contribution in [1.29, 1.82) is 0 Å². The molecule has 0 saturated carbocycles. The Bertz CT molecular complexity index is 211. The molecule has 0 unspecified atom stereocenters. The van der Waals surface area contributed by atoms with Crippen molar-refractivity contribution in [3.63, 3.8) is 0 Å². The number of hydrogen-bond acceptors (Lipinski definition) is 0. The van der Waals surface area contributed by atoms with Crippen LogP contribution in [0.2, 0.25) is 0 Å². The molecule has 0 heteroatoms. The van der Waals surface area contributed by atoms with Gasteiger partial charge >= 0.3 is 0 Å². The minimum absolute atomic E-state index is 0.633. The molecule has 1 aromatic rings. The molecule has 0 aliphatic heterocycles. The number of aryl methyl sites for hydroxylation is 1. The maximum atomic E-state index is 3.13. The molecular formula is C10H13. The van der Waals surface area contributed by atoms with Gasteiger partial charge in [-0.25, -0.2) is 0 Å². The molecule has 0 nitrogen and oxygen atoms in total.